The highest BCUT2D eigenvalue weighted by atomic mass is 35.5. The van der Waals surface area contributed by atoms with Crippen molar-refractivity contribution in [3.8, 4) is 11.8 Å². The molecule has 0 aliphatic heterocycles. The highest BCUT2D eigenvalue weighted by molar-refractivity contribution is 6.34. The van der Waals surface area contributed by atoms with E-state index in [2.05, 4.69) is 29.4 Å². The number of likely N-dealkylation sites (N-methyl/N-ethyl adjacent to an activating group) is 1. The molecule has 0 bridgehead atoms. The molecule has 0 aliphatic carbocycles. The largest absolute Gasteiger partial charge is 0.496 e. The first kappa shape index (κ1) is 20.7. The van der Waals surface area contributed by atoms with Gasteiger partial charge >= 0.3 is 0 Å². The lowest BCUT2D eigenvalue weighted by atomic mass is 10.1. The van der Waals surface area contributed by atoms with E-state index in [4.69, 9.17) is 21.6 Å². The maximum absolute atomic E-state index is 12.4. The van der Waals surface area contributed by atoms with Crippen LogP contribution >= 0.6 is 11.6 Å². The molecule has 2 amide bonds. The summed E-state index contributed by atoms with van der Waals surface area (Å²) in [4.78, 5) is 26.1. The summed E-state index contributed by atoms with van der Waals surface area (Å²) >= 11 is 6.13. The Morgan fingerprint density at radius 3 is 2.56 bits per heavy atom. The van der Waals surface area contributed by atoms with E-state index >= 15 is 0 Å². The van der Waals surface area contributed by atoms with Gasteiger partial charge in [0.25, 0.3) is 5.91 Å². The van der Waals surface area contributed by atoms with Gasteiger partial charge in [0.05, 0.1) is 29.5 Å². The minimum Gasteiger partial charge on any atom is -0.496 e. The molecule has 0 spiro atoms. The number of hydrogen-bond donors (Lipinski definition) is 2. The van der Waals surface area contributed by atoms with Crippen LogP contribution in [-0.4, -0.2) is 50.0 Å². The van der Waals surface area contributed by atoms with Crippen molar-refractivity contribution in [3.63, 3.8) is 0 Å². The smallest absolute Gasteiger partial charge is 0.255 e. The molecule has 0 unspecified atom stereocenters. The van der Waals surface area contributed by atoms with Crippen molar-refractivity contribution in [2.24, 2.45) is 0 Å². The lowest BCUT2D eigenvalue weighted by Gasteiger charge is -2.18. The van der Waals surface area contributed by atoms with Gasteiger partial charge in [-0.2, -0.15) is 5.26 Å². The number of rotatable bonds is 9. The van der Waals surface area contributed by atoms with Crippen molar-refractivity contribution in [1.29, 1.82) is 5.26 Å². The summed E-state index contributed by atoms with van der Waals surface area (Å²) in [6, 6.07) is 4.66. The molecule has 0 heterocycles. The first-order valence-electron chi connectivity index (χ1n) is 8.01. The van der Waals surface area contributed by atoms with Gasteiger partial charge in [0, 0.05) is 19.2 Å². The molecule has 0 aromatic heterocycles. The van der Waals surface area contributed by atoms with Crippen LogP contribution in [0.25, 0.3) is 0 Å². The van der Waals surface area contributed by atoms with Gasteiger partial charge in [0.2, 0.25) is 5.91 Å². The number of halogens is 1. The van der Waals surface area contributed by atoms with Gasteiger partial charge in [0.1, 0.15) is 12.2 Å². The Morgan fingerprint density at radius 2 is 2.00 bits per heavy atom. The fourth-order valence-electron chi connectivity index (χ4n) is 2.22. The molecule has 0 aliphatic rings. The molecule has 1 aromatic rings. The van der Waals surface area contributed by atoms with E-state index < -0.39 is 5.91 Å². The van der Waals surface area contributed by atoms with Crippen molar-refractivity contribution in [3.05, 3.63) is 22.7 Å². The second-order valence-electron chi connectivity index (χ2n) is 5.20. The summed E-state index contributed by atoms with van der Waals surface area (Å²) in [5, 5.41) is 14.1. The quantitative estimate of drug-likeness (QED) is 0.699. The van der Waals surface area contributed by atoms with Gasteiger partial charge in [-0.3, -0.25) is 9.59 Å². The molecule has 7 nitrogen and oxygen atoms in total. The summed E-state index contributed by atoms with van der Waals surface area (Å²) in [5.41, 5.74) is 0.573. The van der Waals surface area contributed by atoms with Crippen LogP contribution in [0, 0.1) is 11.3 Å². The molecule has 0 radical (unpaired) electrons. The molecule has 1 aromatic carbocycles. The van der Waals surface area contributed by atoms with Gasteiger partial charge in [-0.1, -0.05) is 25.4 Å². The van der Waals surface area contributed by atoms with E-state index in [-0.39, 0.29) is 28.7 Å². The topological polar surface area (TPSA) is 94.5 Å². The van der Waals surface area contributed by atoms with Crippen molar-refractivity contribution < 1.29 is 14.3 Å². The molecule has 25 heavy (non-hydrogen) atoms. The fraction of sp³-hybridized carbons (Fsp3) is 0.471. The molecule has 0 atom stereocenters. The van der Waals surface area contributed by atoms with Gasteiger partial charge in [-0.05, 0) is 19.2 Å². The summed E-state index contributed by atoms with van der Waals surface area (Å²) in [5.74, 6) is -0.499. The minimum absolute atomic E-state index is 0.195. The predicted octanol–water partition coefficient (Wildman–Crippen LogP) is 2.27. The number of benzene rings is 1. The number of amides is 2. The van der Waals surface area contributed by atoms with Gasteiger partial charge in [-0.25, -0.2) is 0 Å². The molecule has 8 heteroatoms. The molecule has 0 saturated carbocycles. The molecule has 136 valence electrons. The number of anilines is 1. The first-order valence-corrected chi connectivity index (χ1v) is 8.39. The predicted molar refractivity (Wildman–Crippen MR) is 97.0 cm³/mol. The number of nitriles is 1. The van der Waals surface area contributed by atoms with Gasteiger partial charge in [-0.15, -0.1) is 0 Å². The number of ether oxygens (including phenoxy) is 1. The zero-order valence-corrected chi connectivity index (χ0v) is 15.4. The summed E-state index contributed by atoms with van der Waals surface area (Å²) in [6.07, 6.45) is -0.285. The van der Waals surface area contributed by atoms with Crippen molar-refractivity contribution >= 4 is 29.1 Å². The zero-order chi connectivity index (χ0) is 18.8. The Kier molecular flexibility index (Phi) is 8.75. The van der Waals surface area contributed by atoms with Crippen LogP contribution in [-0.2, 0) is 4.79 Å². The fourth-order valence-corrected chi connectivity index (χ4v) is 2.44. The average molecular weight is 367 g/mol. The second-order valence-corrected chi connectivity index (χ2v) is 5.61. The Morgan fingerprint density at radius 1 is 1.32 bits per heavy atom. The third-order valence-corrected chi connectivity index (χ3v) is 3.97. The van der Waals surface area contributed by atoms with Crippen LogP contribution < -0.4 is 15.4 Å². The Bertz CT molecular complexity index is 654. The van der Waals surface area contributed by atoms with Crippen molar-refractivity contribution in [2.75, 3.05) is 38.6 Å². The van der Waals surface area contributed by atoms with Crippen molar-refractivity contribution in [2.45, 2.75) is 20.3 Å². The number of carbonyl (C=O) groups is 2. The SMILES string of the molecule is CCN(CC)CCNC(=O)c1cc(Cl)c(NC(=O)CC#N)cc1OC. The summed E-state index contributed by atoms with van der Waals surface area (Å²) < 4.78 is 5.23. The number of hydrogen-bond acceptors (Lipinski definition) is 5. The second kappa shape index (κ2) is 10.5. The lowest BCUT2D eigenvalue weighted by Crippen LogP contribution is -2.34. The number of carbonyl (C=O) groups excluding carboxylic acids is 2. The number of nitrogens with zero attached hydrogens (tertiary/aromatic N) is 2. The first-order chi connectivity index (χ1) is 12.0. The summed E-state index contributed by atoms with van der Waals surface area (Å²) in [6.45, 7) is 7.21. The summed E-state index contributed by atoms with van der Waals surface area (Å²) in [7, 11) is 1.43. The molecule has 2 N–H and O–H groups in total. The van der Waals surface area contributed by atoms with E-state index in [9.17, 15) is 9.59 Å². The lowest BCUT2D eigenvalue weighted by molar-refractivity contribution is -0.115. The highest BCUT2D eigenvalue weighted by Gasteiger charge is 2.17. The Labute approximate surface area is 152 Å². The van der Waals surface area contributed by atoms with E-state index in [0.29, 0.717) is 12.2 Å². The molecule has 0 fully saturated rings. The third kappa shape index (κ3) is 6.25. The molecular weight excluding hydrogens is 344 g/mol. The van der Waals surface area contributed by atoms with Crippen LogP contribution in [0.15, 0.2) is 12.1 Å². The highest BCUT2D eigenvalue weighted by Crippen LogP contribution is 2.31. The van der Waals surface area contributed by atoms with Crippen LogP contribution in [0.5, 0.6) is 5.75 Å². The number of methoxy groups -OCH3 is 1. The minimum atomic E-state index is -0.483. The Balaban J connectivity index is 2.86. The maximum Gasteiger partial charge on any atom is 0.255 e. The van der Waals surface area contributed by atoms with Gasteiger partial charge < -0.3 is 20.3 Å². The molecule has 0 saturated heterocycles. The van der Waals surface area contributed by atoms with Crippen LogP contribution in [0.4, 0.5) is 5.69 Å². The van der Waals surface area contributed by atoms with Crippen LogP contribution in [0.2, 0.25) is 5.02 Å². The normalized spacial score (nSPS) is 10.2. The third-order valence-electron chi connectivity index (χ3n) is 3.66. The van der Waals surface area contributed by atoms with Crippen molar-refractivity contribution in [1.82, 2.24) is 10.2 Å². The molecular formula is C17H23ClN4O3. The van der Waals surface area contributed by atoms with Gasteiger partial charge in [0.15, 0.2) is 0 Å². The van der Waals surface area contributed by atoms with Crippen LogP contribution in [0.1, 0.15) is 30.6 Å². The van der Waals surface area contributed by atoms with E-state index in [1.165, 1.54) is 19.2 Å². The Hall–Kier alpha value is -2.30. The average Bonchev–Trinajstić information content (AvgIpc) is 2.60. The van der Waals surface area contributed by atoms with Crippen LogP contribution in [0.3, 0.4) is 0 Å². The van der Waals surface area contributed by atoms with E-state index in [0.717, 1.165) is 19.6 Å². The van der Waals surface area contributed by atoms with E-state index in [1.54, 1.807) is 6.07 Å². The number of nitrogens with one attached hydrogen (secondary N) is 2. The van der Waals surface area contributed by atoms with E-state index in [1.807, 2.05) is 0 Å². The monoisotopic (exact) mass is 366 g/mol. The molecule has 1 rings (SSSR count). The zero-order valence-electron chi connectivity index (χ0n) is 14.7. The standard InChI is InChI=1S/C17H23ClN4O3/c1-4-22(5-2)9-8-20-17(24)12-10-13(18)14(11-15(12)25-3)21-16(23)6-7-19/h10-11H,4-6,8-9H2,1-3H3,(H,20,24)(H,21,23). The maximum atomic E-state index is 12.4.